The molecule has 1 unspecified atom stereocenters. The molecular formula is C18H21N5O2. The number of benzene rings is 1. The monoisotopic (exact) mass is 339 g/mol. The molecule has 2 aliphatic rings. The smallest absolute Gasteiger partial charge is 0.247 e. The fraction of sp³-hybridized carbons (Fsp3) is 0.389. The Kier molecular flexibility index (Phi) is 4.01. The van der Waals surface area contributed by atoms with Gasteiger partial charge in [0.15, 0.2) is 5.82 Å². The Morgan fingerprint density at radius 2 is 2.08 bits per heavy atom. The average molecular weight is 339 g/mol. The van der Waals surface area contributed by atoms with Crippen LogP contribution in [-0.2, 0) is 9.59 Å². The molecule has 2 aromatic rings. The molecule has 25 heavy (non-hydrogen) atoms. The summed E-state index contributed by atoms with van der Waals surface area (Å²) in [4.78, 5) is 25.9. The molecule has 0 bridgehead atoms. The minimum absolute atomic E-state index is 0.139. The lowest BCUT2D eigenvalue weighted by atomic mass is 10.1. The zero-order chi connectivity index (χ0) is 17.4. The van der Waals surface area contributed by atoms with E-state index in [1.165, 1.54) is 12.8 Å². The van der Waals surface area contributed by atoms with Crippen LogP contribution < -0.4 is 16.0 Å². The molecule has 1 aromatic carbocycles. The van der Waals surface area contributed by atoms with Crippen molar-refractivity contribution in [2.45, 2.75) is 37.6 Å². The molecule has 1 aliphatic carbocycles. The van der Waals surface area contributed by atoms with Gasteiger partial charge in [-0.1, -0.05) is 12.1 Å². The zero-order valence-electron chi connectivity index (χ0n) is 13.9. The second-order valence-electron chi connectivity index (χ2n) is 6.69. The molecule has 1 aromatic heterocycles. The number of H-pyrrole nitrogens is 1. The SMILES string of the molecule is NC(C(=O)Nc1cc(C2CC2)[nH]n1)c1ccc(N2CCCC2=O)cc1. The van der Waals surface area contributed by atoms with Gasteiger partial charge in [-0.2, -0.15) is 5.10 Å². The number of amides is 2. The van der Waals surface area contributed by atoms with Gasteiger partial charge in [-0.25, -0.2) is 0 Å². The first-order chi connectivity index (χ1) is 12.1. The van der Waals surface area contributed by atoms with Crippen molar-refractivity contribution < 1.29 is 9.59 Å². The van der Waals surface area contributed by atoms with Gasteiger partial charge >= 0.3 is 0 Å². The number of carbonyl (C=O) groups is 2. The Morgan fingerprint density at radius 3 is 2.72 bits per heavy atom. The maximum absolute atomic E-state index is 12.3. The van der Waals surface area contributed by atoms with Gasteiger partial charge in [0.25, 0.3) is 0 Å². The molecule has 4 rings (SSSR count). The number of nitrogens with one attached hydrogen (secondary N) is 2. The number of hydrogen-bond donors (Lipinski definition) is 3. The maximum Gasteiger partial charge on any atom is 0.247 e. The third kappa shape index (κ3) is 3.28. The fourth-order valence-corrected chi connectivity index (χ4v) is 3.14. The van der Waals surface area contributed by atoms with E-state index in [1.54, 1.807) is 17.0 Å². The molecular weight excluding hydrogens is 318 g/mol. The van der Waals surface area contributed by atoms with E-state index >= 15 is 0 Å². The van der Waals surface area contributed by atoms with Crippen molar-refractivity contribution in [1.82, 2.24) is 10.2 Å². The highest BCUT2D eigenvalue weighted by Gasteiger charge is 2.26. The lowest BCUT2D eigenvalue weighted by Crippen LogP contribution is -2.28. The standard InChI is InChI=1S/C18H21N5O2/c19-17(18(25)20-15-10-14(21-22-15)11-3-4-11)12-5-7-13(8-6-12)23-9-1-2-16(23)24/h5-8,10-11,17H,1-4,9,19H2,(H2,20,21,22,25). The molecule has 4 N–H and O–H groups in total. The largest absolute Gasteiger partial charge is 0.316 e. The predicted octanol–water partition coefficient (Wildman–Crippen LogP) is 2.05. The highest BCUT2D eigenvalue weighted by Crippen LogP contribution is 2.39. The minimum atomic E-state index is -0.788. The molecule has 1 aliphatic heterocycles. The number of carbonyl (C=O) groups excluding carboxylic acids is 2. The van der Waals surface area contributed by atoms with Crippen LogP contribution in [0.25, 0.3) is 0 Å². The topological polar surface area (TPSA) is 104 Å². The van der Waals surface area contributed by atoms with E-state index in [1.807, 2.05) is 18.2 Å². The predicted molar refractivity (Wildman–Crippen MR) is 94.1 cm³/mol. The summed E-state index contributed by atoms with van der Waals surface area (Å²) in [5.74, 6) is 0.882. The van der Waals surface area contributed by atoms with Crippen molar-refractivity contribution in [3.05, 3.63) is 41.6 Å². The molecule has 0 radical (unpaired) electrons. The van der Waals surface area contributed by atoms with Gasteiger partial charge in [0.05, 0.1) is 0 Å². The molecule has 1 saturated heterocycles. The Balaban J connectivity index is 1.41. The Bertz CT molecular complexity index is 794. The highest BCUT2D eigenvalue weighted by molar-refractivity contribution is 5.96. The Morgan fingerprint density at radius 1 is 1.32 bits per heavy atom. The lowest BCUT2D eigenvalue weighted by molar-refractivity contribution is -0.118. The first-order valence-corrected chi connectivity index (χ1v) is 8.64. The summed E-state index contributed by atoms with van der Waals surface area (Å²) in [6, 6.07) is 8.35. The second-order valence-corrected chi connectivity index (χ2v) is 6.69. The normalized spacial score (nSPS) is 18.4. The summed E-state index contributed by atoms with van der Waals surface area (Å²) in [7, 11) is 0. The highest BCUT2D eigenvalue weighted by atomic mass is 16.2. The van der Waals surface area contributed by atoms with Crippen molar-refractivity contribution >= 4 is 23.3 Å². The van der Waals surface area contributed by atoms with Crippen LogP contribution in [-0.4, -0.2) is 28.6 Å². The van der Waals surface area contributed by atoms with Crippen LogP contribution >= 0.6 is 0 Å². The molecule has 2 fully saturated rings. The second kappa shape index (κ2) is 6.33. The molecule has 2 heterocycles. The summed E-state index contributed by atoms with van der Waals surface area (Å²) in [6.45, 7) is 0.743. The van der Waals surface area contributed by atoms with Gasteiger partial charge in [0.2, 0.25) is 11.8 Å². The van der Waals surface area contributed by atoms with Crippen LogP contribution in [0.1, 0.15) is 48.9 Å². The van der Waals surface area contributed by atoms with E-state index in [0.717, 1.165) is 24.3 Å². The summed E-state index contributed by atoms with van der Waals surface area (Å²) < 4.78 is 0. The van der Waals surface area contributed by atoms with Gasteiger partial charge in [-0.3, -0.25) is 14.7 Å². The quantitative estimate of drug-likeness (QED) is 0.775. The number of aromatic amines is 1. The van der Waals surface area contributed by atoms with Gasteiger partial charge in [-0.05, 0) is 37.0 Å². The third-order valence-corrected chi connectivity index (χ3v) is 4.79. The van der Waals surface area contributed by atoms with Gasteiger partial charge in [0, 0.05) is 36.3 Å². The lowest BCUT2D eigenvalue weighted by Gasteiger charge is -2.17. The van der Waals surface area contributed by atoms with E-state index < -0.39 is 6.04 Å². The van der Waals surface area contributed by atoms with Gasteiger partial charge in [-0.15, -0.1) is 0 Å². The van der Waals surface area contributed by atoms with E-state index in [0.29, 0.717) is 23.7 Å². The van der Waals surface area contributed by atoms with Crippen LogP contribution in [0, 0.1) is 0 Å². The molecule has 1 atom stereocenters. The number of nitrogens with zero attached hydrogens (tertiary/aromatic N) is 2. The van der Waals surface area contributed by atoms with E-state index in [4.69, 9.17) is 5.73 Å². The van der Waals surface area contributed by atoms with Crippen LogP contribution in [0.5, 0.6) is 0 Å². The van der Waals surface area contributed by atoms with Crippen LogP contribution in [0.15, 0.2) is 30.3 Å². The van der Waals surface area contributed by atoms with Crippen molar-refractivity contribution in [1.29, 1.82) is 0 Å². The molecule has 7 nitrogen and oxygen atoms in total. The van der Waals surface area contributed by atoms with Gasteiger partial charge < -0.3 is 16.0 Å². The van der Waals surface area contributed by atoms with Crippen LogP contribution in [0.2, 0.25) is 0 Å². The number of aromatic nitrogens is 2. The number of anilines is 2. The van der Waals surface area contributed by atoms with E-state index in [-0.39, 0.29) is 11.8 Å². The average Bonchev–Trinajstić information content (AvgIpc) is 3.22. The Hall–Kier alpha value is -2.67. The summed E-state index contributed by atoms with van der Waals surface area (Å²) in [5.41, 5.74) is 8.67. The number of rotatable bonds is 5. The first kappa shape index (κ1) is 15.8. The summed E-state index contributed by atoms with van der Waals surface area (Å²) in [6.07, 6.45) is 3.81. The first-order valence-electron chi connectivity index (χ1n) is 8.64. The van der Waals surface area contributed by atoms with E-state index in [2.05, 4.69) is 15.5 Å². The van der Waals surface area contributed by atoms with Crippen LogP contribution in [0.4, 0.5) is 11.5 Å². The maximum atomic E-state index is 12.3. The molecule has 7 heteroatoms. The summed E-state index contributed by atoms with van der Waals surface area (Å²) in [5, 5.41) is 9.81. The van der Waals surface area contributed by atoms with Crippen molar-refractivity contribution in [3.63, 3.8) is 0 Å². The van der Waals surface area contributed by atoms with Gasteiger partial charge in [0.1, 0.15) is 6.04 Å². The minimum Gasteiger partial charge on any atom is -0.316 e. The van der Waals surface area contributed by atoms with Crippen molar-refractivity contribution in [2.24, 2.45) is 5.73 Å². The summed E-state index contributed by atoms with van der Waals surface area (Å²) >= 11 is 0. The molecule has 2 amide bonds. The number of nitrogens with two attached hydrogens (primary N) is 1. The fourth-order valence-electron chi connectivity index (χ4n) is 3.14. The van der Waals surface area contributed by atoms with Crippen molar-refractivity contribution in [3.8, 4) is 0 Å². The van der Waals surface area contributed by atoms with Crippen LogP contribution in [0.3, 0.4) is 0 Å². The third-order valence-electron chi connectivity index (χ3n) is 4.79. The Labute approximate surface area is 145 Å². The van der Waals surface area contributed by atoms with E-state index in [9.17, 15) is 9.59 Å². The zero-order valence-corrected chi connectivity index (χ0v) is 13.9. The number of hydrogen-bond acceptors (Lipinski definition) is 4. The molecule has 1 saturated carbocycles. The molecule has 130 valence electrons. The molecule has 0 spiro atoms. The van der Waals surface area contributed by atoms with Crippen molar-refractivity contribution in [2.75, 3.05) is 16.8 Å².